The quantitative estimate of drug-likeness (QED) is 0.759. The Morgan fingerprint density at radius 1 is 1.19 bits per heavy atom. The lowest BCUT2D eigenvalue weighted by atomic mass is 9.72. The molecule has 0 N–H and O–H groups in total. The van der Waals surface area contributed by atoms with Gasteiger partial charge in [0.1, 0.15) is 0 Å². The van der Waals surface area contributed by atoms with Crippen molar-refractivity contribution in [2.24, 2.45) is 11.3 Å². The topological polar surface area (TPSA) is 34.1 Å². The molecule has 0 spiro atoms. The number of benzene rings is 1. The molecule has 1 atom stereocenters. The number of rotatable bonds is 5. The average Bonchev–Trinajstić information content (AvgIpc) is 2.80. The molecule has 118 valence electrons. The van der Waals surface area contributed by atoms with Gasteiger partial charge < -0.3 is 0 Å². The van der Waals surface area contributed by atoms with Crippen LogP contribution in [0, 0.1) is 25.2 Å². The summed E-state index contributed by atoms with van der Waals surface area (Å²) in [7, 11) is -2.93. The molecular formula is C16H22Cl2O2S. The molecule has 0 saturated carbocycles. The van der Waals surface area contributed by atoms with Gasteiger partial charge in [-0.05, 0) is 49.3 Å². The average molecular weight is 349 g/mol. The van der Waals surface area contributed by atoms with Gasteiger partial charge in [0.2, 0.25) is 0 Å². The third-order valence-corrected chi connectivity index (χ3v) is 7.64. The Balaban J connectivity index is 2.35. The van der Waals surface area contributed by atoms with Crippen molar-refractivity contribution in [3.63, 3.8) is 0 Å². The Kier molecular flexibility index (Phi) is 5.27. The molecule has 1 heterocycles. The predicted octanol–water partition coefficient (Wildman–Crippen LogP) is 3.74. The van der Waals surface area contributed by atoms with Crippen LogP contribution in [0.4, 0.5) is 0 Å². The van der Waals surface area contributed by atoms with E-state index in [1.54, 1.807) is 0 Å². The van der Waals surface area contributed by atoms with Crippen molar-refractivity contribution in [3.8, 4) is 0 Å². The molecule has 1 aliphatic heterocycles. The van der Waals surface area contributed by atoms with Gasteiger partial charge in [0.25, 0.3) is 0 Å². The molecule has 1 fully saturated rings. The molecule has 1 aromatic carbocycles. The highest BCUT2D eigenvalue weighted by Crippen LogP contribution is 2.42. The molecule has 1 aliphatic rings. The maximum absolute atomic E-state index is 11.8. The van der Waals surface area contributed by atoms with Crippen molar-refractivity contribution in [1.29, 1.82) is 0 Å². The first-order valence-electron chi connectivity index (χ1n) is 7.21. The molecule has 1 aromatic rings. The fourth-order valence-corrected chi connectivity index (χ4v) is 6.11. The van der Waals surface area contributed by atoms with Gasteiger partial charge in [-0.1, -0.05) is 18.2 Å². The van der Waals surface area contributed by atoms with Crippen LogP contribution in [0.3, 0.4) is 0 Å². The zero-order chi connectivity index (χ0) is 15.7. The minimum Gasteiger partial charge on any atom is -0.229 e. The summed E-state index contributed by atoms with van der Waals surface area (Å²) < 4.78 is 23.6. The molecule has 0 amide bonds. The van der Waals surface area contributed by atoms with Gasteiger partial charge in [0.05, 0.1) is 11.5 Å². The summed E-state index contributed by atoms with van der Waals surface area (Å²) in [6, 6.07) is 6.21. The third-order valence-electron chi connectivity index (χ3n) is 4.80. The van der Waals surface area contributed by atoms with E-state index in [1.165, 1.54) is 16.7 Å². The Hall–Kier alpha value is -0.250. The fourth-order valence-electron chi connectivity index (χ4n) is 3.25. The first-order valence-corrected chi connectivity index (χ1v) is 10.1. The molecule has 21 heavy (non-hydrogen) atoms. The molecule has 0 radical (unpaired) electrons. The highest BCUT2D eigenvalue weighted by atomic mass is 35.5. The second-order valence-electron chi connectivity index (χ2n) is 6.28. The number of aryl methyl sites for hydroxylation is 2. The Bertz CT molecular complexity index is 586. The fraction of sp³-hybridized carbons (Fsp3) is 0.625. The SMILES string of the molecule is Cc1cccc(C)c1CC(CCl)(CCl)C1CCS(=O)(=O)C1. The van der Waals surface area contributed by atoms with Crippen LogP contribution in [-0.2, 0) is 16.3 Å². The zero-order valence-electron chi connectivity index (χ0n) is 12.5. The first kappa shape index (κ1) is 17.1. The normalized spacial score (nSPS) is 21.6. The largest absolute Gasteiger partial charge is 0.229 e. The first-order chi connectivity index (χ1) is 9.83. The zero-order valence-corrected chi connectivity index (χ0v) is 14.9. The highest BCUT2D eigenvalue weighted by molar-refractivity contribution is 7.91. The lowest BCUT2D eigenvalue weighted by Gasteiger charge is -2.36. The van der Waals surface area contributed by atoms with Crippen LogP contribution in [0.2, 0.25) is 0 Å². The minimum absolute atomic E-state index is 0.0523. The van der Waals surface area contributed by atoms with E-state index < -0.39 is 9.84 Å². The van der Waals surface area contributed by atoms with E-state index >= 15 is 0 Å². The maximum atomic E-state index is 11.8. The lowest BCUT2D eigenvalue weighted by Crippen LogP contribution is -2.38. The van der Waals surface area contributed by atoms with E-state index in [1.807, 2.05) is 6.07 Å². The molecule has 0 aromatic heterocycles. The van der Waals surface area contributed by atoms with Gasteiger partial charge >= 0.3 is 0 Å². The second-order valence-corrected chi connectivity index (χ2v) is 9.04. The van der Waals surface area contributed by atoms with Crippen molar-refractivity contribution in [2.45, 2.75) is 26.7 Å². The summed E-state index contributed by atoms with van der Waals surface area (Å²) in [5.74, 6) is 1.32. The number of halogens is 2. The van der Waals surface area contributed by atoms with Crippen molar-refractivity contribution in [2.75, 3.05) is 23.3 Å². The molecule has 2 nitrogen and oxygen atoms in total. The van der Waals surface area contributed by atoms with Crippen LogP contribution in [0.1, 0.15) is 23.1 Å². The summed E-state index contributed by atoms with van der Waals surface area (Å²) in [5, 5.41) is 0. The van der Waals surface area contributed by atoms with Crippen LogP contribution in [0.15, 0.2) is 18.2 Å². The smallest absolute Gasteiger partial charge is 0.150 e. The van der Waals surface area contributed by atoms with E-state index in [4.69, 9.17) is 23.2 Å². The van der Waals surface area contributed by atoms with Crippen LogP contribution in [0.5, 0.6) is 0 Å². The Morgan fingerprint density at radius 3 is 2.19 bits per heavy atom. The number of hydrogen-bond donors (Lipinski definition) is 0. The lowest BCUT2D eigenvalue weighted by molar-refractivity contribution is 0.244. The van der Waals surface area contributed by atoms with Gasteiger partial charge in [-0.15, -0.1) is 23.2 Å². The van der Waals surface area contributed by atoms with Crippen LogP contribution >= 0.6 is 23.2 Å². The molecule has 0 bridgehead atoms. The van der Waals surface area contributed by atoms with E-state index in [9.17, 15) is 8.42 Å². The van der Waals surface area contributed by atoms with Crippen LogP contribution < -0.4 is 0 Å². The van der Waals surface area contributed by atoms with Crippen molar-refractivity contribution in [1.82, 2.24) is 0 Å². The molecule has 5 heteroatoms. The molecule has 2 rings (SSSR count). The summed E-state index contributed by atoms with van der Waals surface area (Å²) >= 11 is 12.5. The minimum atomic E-state index is -2.93. The van der Waals surface area contributed by atoms with Crippen LogP contribution in [-0.4, -0.2) is 31.7 Å². The third kappa shape index (κ3) is 3.57. The molecular weight excluding hydrogens is 327 g/mol. The predicted molar refractivity (Wildman–Crippen MR) is 90.3 cm³/mol. The summed E-state index contributed by atoms with van der Waals surface area (Å²) in [6.45, 7) is 4.17. The van der Waals surface area contributed by atoms with Gasteiger partial charge in [0, 0.05) is 17.2 Å². The highest BCUT2D eigenvalue weighted by Gasteiger charge is 2.44. The number of alkyl halides is 2. The van der Waals surface area contributed by atoms with E-state index in [0.717, 1.165) is 6.42 Å². The molecule has 1 unspecified atom stereocenters. The van der Waals surface area contributed by atoms with Gasteiger partial charge in [-0.25, -0.2) is 8.42 Å². The summed E-state index contributed by atoms with van der Waals surface area (Å²) in [5.41, 5.74) is 3.35. The van der Waals surface area contributed by atoms with E-state index in [-0.39, 0.29) is 22.8 Å². The standard InChI is InChI=1S/C16H22Cl2O2S/c1-12-4-3-5-13(2)15(12)8-16(10-17,11-18)14-6-7-21(19,20)9-14/h3-5,14H,6-11H2,1-2H3. The van der Waals surface area contributed by atoms with Crippen molar-refractivity contribution in [3.05, 3.63) is 34.9 Å². The Labute approximate surface area is 137 Å². The molecule has 0 aliphatic carbocycles. The van der Waals surface area contributed by atoms with Gasteiger partial charge in [0.15, 0.2) is 9.84 Å². The number of hydrogen-bond acceptors (Lipinski definition) is 2. The van der Waals surface area contributed by atoms with Crippen LogP contribution in [0.25, 0.3) is 0 Å². The van der Waals surface area contributed by atoms with Gasteiger partial charge in [-0.3, -0.25) is 0 Å². The summed E-state index contributed by atoms with van der Waals surface area (Å²) in [6.07, 6.45) is 1.42. The summed E-state index contributed by atoms with van der Waals surface area (Å²) in [4.78, 5) is 0. The van der Waals surface area contributed by atoms with Crippen molar-refractivity contribution < 1.29 is 8.42 Å². The Morgan fingerprint density at radius 2 is 1.76 bits per heavy atom. The van der Waals surface area contributed by atoms with E-state index in [0.29, 0.717) is 18.2 Å². The monoisotopic (exact) mass is 348 g/mol. The van der Waals surface area contributed by atoms with Crippen molar-refractivity contribution >= 4 is 33.0 Å². The second kappa shape index (κ2) is 6.47. The van der Waals surface area contributed by atoms with E-state index in [2.05, 4.69) is 26.0 Å². The number of sulfone groups is 1. The maximum Gasteiger partial charge on any atom is 0.150 e. The van der Waals surface area contributed by atoms with Gasteiger partial charge in [-0.2, -0.15) is 0 Å². The molecule has 1 saturated heterocycles.